The average Bonchev–Trinajstić information content (AvgIpc) is 2.21. The van der Waals surface area contributed by atoms with Crippen LogP contribution in [0.25, 0.3) is 0 Å². The van der Waals surface area contributed by atoms with Crippen molar-refractivity contribution in [3.05, 3.63) is 0 Å². The molecule has 0 spiro atoms. The van der Waals surface area contributed by atoms with Gasteiger partial charge in [0.2, 0.25) is 0 Å². The average molecular weight is 288 g/mol. The van der Waals surface area contributed by atoms with Crippen molar-refractivity contribution in [1.29, 1.82) is 0 Å². The van der Waals surface area contributed by atoms with Crippen LogP contribution in [0.3, 0.4) is 0 Å². The Kier molecular flexibility index (Phi) is 5.60. The van der Waals surface area contributed by atoms with Crippen LogP contribution < -0.4 is 0 Å². The van der Waals surface area contributed by atoms with Gasteiger partial charge in [-0.05, 0) is 54.4 Å². The Balaban J connectivity index is 3.01. The second-order valence-corrected chi connectivity index (χ2v) is 7.27. The molecule has 20 heavy (non-hydrogen) atoms. The summed E-state index contributed by atoms with van der Waals surface area (Å²) >= 11 is 0. The Labute approximate surface area is 123 Å². The van der Waals surface area contributed by atoms with Crippen molar-refractivity contribution in [2.45, 2.75) is 84.0 Å². The third-order valence-electron chi connectivity index (χ3n) is 4.54. The highest BCUT2D eigenvalue weighted by Crippen LogP contribution is 2.40. The maximum absolute atomic E-state index is 9.96. The molecule has 1 saturated heterocycles. The van der Waals surface area contributed by atoms with Crippen LogP contribution in [-0.2, 0) is 0 Å². The summed E-state index contributed by atoms with van der Waals surface area (Å²) in [6, 6.07) is 0.120. The Hall–Kier alpha value is -0.200. The summed E-state index contributed by atoms with van der Waals surface area (Å²) in [5.74, 6) is 0. The molecule has 5 nitrogen and oxygen atoms in total. The summed E-state index contributed by atoms with van der Waals surface area (Å²) in [6.45, 7) is 12.9. The zero-order valence-corrected chi connectivity index (χ0v) is 13.8. The highest BCUT2D eigenvalue weighted by Gasteiger charge is 2.47. The molecule has 0 aromatic rings. The van der Waals surface area contributed by atoms with E-state index in [9.17, 15) is 15.3 Å². The van der Waals surface area contributed by atoms with E-state index in [4.69, 9.17) is 0 Å². The predicted octanol–water partition coefficient (Wildman–Crippen LogP) is 0.979. The van der Waals surface area contributed by atoms with E-state index in [0.717, 1.165) is 12.8 Å². The molecule has 2 unspecified atom stereocenters. The molecule has 1 heterocycles. The van der Waals surface area contributed by atoms with Crippen LogP contribution in [0.2, 0.25) is 0 Å². The van der Waals surface area contributed by atoms with Gasteiger partial charge in [-0.2, -0.15) is 0 Å². The molecule has 3 N–H and O–H groups in total. The number of rotatable bonds is 5. The third-order valence-corrected chi connectivity index (χ3v) is 4.54. The van der Waals surface area contributed by atoms with Crippen molar-refractivity contribution in [1.82, 2.24) is 9.80 Å². The van der Waals surface area contributed by atoms with Gasteiger partial charge in [-0.3, -0.25) is 9.80 Å². The second-order valence-electron chi connectivity index (χ2n) is 7.27. The lowest BCUT2D eigenvalue weighted by molar-refractivity contribution is -0.152. The predicted molar refractivity (Wildman–Crippen MR) is 80.2 cm³/mol. The molecule has 0 aromatic carbocycles. The van der Waals surface area contributed by atoms with E-state index < -0.39 is 12.5 Å². The van der Waals surface area contributed by atoms with Gasteiger partial charge in [-0.25, -0.2) is 0 Å². The van der Waals surface area contributed by atoms with Crippen molar-refractivity contribution < 1.29 is 15.3 Å². The van der Waals surface area contributed by atoms with E-state index in [1.165, 1.54) is 0 Å². The molecular weight excluding hydrogens is 256 g/mol. The Bertz CT molecular complexity index is 290. The molecule has 1 fully saturated rings. The summed E-state index contributed by atoms with van der Waals surface area (Å²) in [4.78, 5) is 4.11. The van der Waals surface area contributed by atoms with Crippen LogP contribution in [0, 0.1) is 0 Å². The first kappa shape index (κ1) is 17.9. The first-order chi connectivity index (χ1) is 9.03. The van der Waals surface area contributed by atoms with Crippen molar-refractivity contribution in [3.63, 3.8) is 0 Å². The maximum Gasteiger partial charge on any atom is 0.106 e. The van der Waals surface area contributed by atoms with Crippen LogP contribution in [0.5, 0.6) is 0 Å². The highest BCUT2D eigenvalue weighted by molar-refractivity contribution is 5.03. The molecule has 0 saturated carbocycles. The van der Waals surface area contributed by atoms with Gasteiger partial charge in [0.05, 0.1) is 6.61 Å². The minimum atomic E-state index is -0.670. The first-order valence-corrected chi connectivity index (χ1v) is 7.55. The quantitative estimate of drug-likeness (QED) is 0.658. The fourth-order valence-electron chi connectivity index (χ4n) is 4.10. The monoisotopic (exact) mass is 288 g/mol. The second kappa shape index (κ2) is 6.28. The molecule has 1 rings (SSSR count). The van der Waals surface area contributed by atoms with Crippen molar-refractivity contribution in [3.8, 4) is 0 Å². The smallest absolute Gasteiger partial charge is 0.106 e. The van der Waals surface area contributed by atoms with Gasteiger partial charge >= 0.3 is 0 Å². The summed E-state index contributed by atoms with van der Waals surface area (Å²) < 4.78 is 0. The van der Waals surface area contributed by atoms with E-state index in [1.54, 1.807) is 18.7 Å². The minimum Gasteiger partial charge on any atom is -0.395 e. The van der Waals surface area contributed by atoms with Crippen LogP contribution in [-0.4, -0.2) is 67.8 Å². The SMILES string of the molecule is CC(O)N(C(C)O)C1CC(C)(C)N(CCO)C(C)(C)C1. The summed E-state index contributed by atoms with van der Waals surface area (Å²) in [5, 5.41) is 29.2. The highest BCUT2D eigenvalue weighted by atomic mass is 16.3. The summed E-state index contributed by atoms with van der Waals surface area (Å²) in [7, 11) is 0. The van der Waals surface area contributed by atoms with Gasteiger partial charge in [-0.1, -0.05) is 0 Å². The molecule has 0 radical (unpaired) electrons. The van der Waals surface area contributed by atoms with Gasteiger partial charge in [0, 0.05) is 23.7 Å². The third kappa shape index (κ3) is 3.71. The van der Waals surface area contributed by atoms with Crippen LogP contribution in [0.15, 0.2) is 0 Å². The lowest BCUT2D eigenvalue weighted by Gasteiger charge is -2.57. The van der Waals surface area contributed by atoms with Crippen molar-refractivity contribution in [2.24, 2.45) is 0 Å². The fraction of sp³-hybridized carbons (Fsp3) is 1.00. The standard InChI is InChI=1S/C15H32N2O3/c1-11(19)17(12(2)20)13-9-14(3,4)16(7-8-18)15(5,6)10-13/h11-13,18-20H,7-10H2,1-6H3. The van der Waals surface area contributed by atoms with Gasteiger partial charge in [-0.15, -0.1) is 0 Å². The normalized spacial score (nSPS) is 26.7. The first-order valence-electron chi connectivity index (χ1n) is 7.55. The van der Waals surface area contributed by atoms with Crippen molar-refractivity contribution >= 4 is 0 Å². The van der Waals surface area contributed by atoms with Gasteiger partial charge in [0.1, 0.15) is 12.5 Å². The topological polar surface area (TPSA) is 67.2 Å². The maximum atomic E-state index is 9.96. The molecule has 5 heteroatoms. The number of likely N-dealkylation sites (tertiary alicyclic amines) is 1. The Morgan fingerprint density at radius 3 is 1.75 bits per heavy atom. The van der Waals surface area contributed by atoms with E-state index in [2.05, 4.69) is 32.6 Å². The van der Waals surface area contributed by atoms with E-state index in [-0.39, 0.29) is 23.7 Å². The fourth-order valence-corrected chi connectivity index (χ4v) is 4.10. The molecule has 0 bridgehead atoms. The number of aliphatic hydroxyl groups is 3. The Morgan fingerprint density at radius 2 is 1.45 bits per heavy atom. The molecule has 0 aliphatic carbocycles. The number of β-amino-alcohol motifs (C(OH)–C–C–N with tert-alkyl or cyclic N) is 1. The van der Waals surface area contributed by atoms with Crippen LogP contribution in [0.4, 0.5) is 0 Å². The van der Waals surface area contributed by atoms with E-state index >= 15 is 0 Å². The molecule has 1 aliphatic heterocycles. The van der Waals surface area contributed by atoms with Gasteiger partial charge in [0.15, 0.2) is 0 Å². The molecule has 0 amide bonds. The van der Waals surface area contributed by atoms with Gasteiger partial charge in [0.25, 0.3) is 0 Å². The molecule has 120 valence electrons. The largest absolute Gasteiger partial charge is 0.395 e. The van der Waals surface area contributed by atoms with Crippen molar-refractivity contribution in [2.75, 3.05) is 13.2 Å². The molecule has 0 aromatic heterocycles. The molecule has 2 atom stereocenters. The lowest BCUT2D eigenvalue weighted by Crippen LogP contribution is -2.66. The zero-order chi connectivity index (χ0) is 15.7. The zero-order valence-electron chi connectivity index (χ0n) is 13.8. The summed E-state index contributed by atoms with van der Waals surface area (Å²) in [5.41, 5.74) is -0.172. The van der Waals surface area contributed by atoms with E-state index in [0.29, 0.717) is 6.54 Å². The Morgan fingerprint density at radius 1 is 1.05 bits per heavy atom. The number of nitrogens with zero attached hydrogens (tertiary/aromatic N) is 2. The minimum absolute atomic E-state index is 0.0861. The lowest BCUT2D eigenvalue weighted by atomic mass is 9.76. The number of hydrogen-bond donors (Lipinski definition) is 3. The van der Waals surface area contributed by atoms with Crippen LogP contribution in [0.1, 0.15) is 54.4 Å². The number of hydrogen-bond acceptors (Lipinski definition) is 5. The van der Waals surface area contributed by atoms with E-state index in [1.807, 2.05) is 0 Å². The van der Waals surface area contributed by atoms with Gasteiger partial charge < -0.3 is 15.3 Å². The molecule has 1 aliphatic rings. The summed E-state index contributed by atoms with van der Waals surface area (Å²) in [6.07, 6.45) is 0.366. The number of piperidine rings is 1. The molecular formula is C15H32N2O3. The number of aliphatic hydroxyl groups excluding tert-OH is 3. The van der Waals surface area contributed by atoms with Crippen LogP contribution >= 0.6 is 0 Å².